The van der Waals surface area contributed by atoms with Crippen LogP contribution in [0.3, 0.4) is 0 Å². The summed E-state index contributed by atoms with van der Waals surface area (Å²) in [5.74, 6) is 1.31. The van der Waals surface area contributed by atoms with Crippen LogP contribution in [0.5, 0.6) is 11.5 Å². The molecule has 1 amide bonds. The Morgan fingerprint density at radius 1 is 0.872 bits per heavy atom. The molecule has 7 nitrogen and oxygen atoms in total. The van der Waals surface area contributed by atoms with Gasteiger partial charge < -0.3 is 25.4 Å². The van der Waals surface area contributed by atoms with Gasteiger partial charge in [-0.3, -0.25) is 10.2 Å². The first-order valence-corrected chi connectivity index (χ1v) is 12.9. The van der Waals surface area contributed by atoms with Crippen molar-refractivity contribution in [3.05, 3.63) is 120 Å². The summed E-state index contributed by atoms with van der Waals surface area (Å²) in [4.78, 5) is 15.1. The predicted octanol–water partition coefficient (Wildman–Crippen LogP) is 5.98. The Morgan fingerprint density at radius 2 is 1.59 bits per heavy atom. The van der Waals surface area contributed by atoms with Crippen molar-refractivity contribution in [1.82, 2.24) is 0 Å². The summed E-state index contributed by atoms with van der Waals surface area (Å²) in [7, 11) is 0. The van der Waals surface area contributed by atoms with E-state index >= 15 is 0 Å². The van der Waals surface area contributed by atoms with Gasteiger partial charge >= 0.3 is 0 Å². The van der Waals surface area contributed by atoms with Gasteiger partial charge in [0, 0.05) is 23.5 Å². The van der Waals surface area contributed by atoms with Gasteiger partial charge in [-0.05, 0) is 73.5 Å². The lowest BCUT2D eigenvalue weighted by Crippen LogP contribution is -2.33. The quantitative estimate of drug-likeness (QED) is 0.157. The number of nitrogens with one attached hydrogen (secondary N) is 2. The van der Waals surface area contributed by atoms with E-state index in [1.54, 1.807) is 6.07 Å². The van der Waals surface area contributed by atoms with Crippen molar-refractivity contribution in [3.8, 4) is 11.5 Å². The number of hydrogen-bond acceptors (Lipinski definition) is 5. The summed E-state index contributed by atoms with van der Waals surface area (Å²) in [5.41, 5.74) is 9.88. The number of nitrogen functional groups attached to an aromatic ring is 1. The number of amidine groups is 1. The third kappa shape index (κ3) is 8.36. The van der Waals surface area contributed by atoms with Crippen LogP contribution in [-0.4, -0.2) is 24.4 Å². The third-order valence-corrected chi connectivity index (χ3v) is 5.89. The Labute approximate surface area is 229 Å². The average Bonchev–Trinajstić information content (AvgIpc) is 2.93. The molecule has 4 aromatic carbocycles. The van der Waals surface area contributed by atoms with E-state index in [0.717, 1.165) is 28.3 Å². The van der Waals surface area contributed by atoms with Crippen molar-refractivity contribution in [2.45, 2.75) is 33.1 Å². The highest BCUT2D eigenvalue weighted by Gasteiger charge is 2.15. The Morgan fingerprint density at radius 3 is 2.31 bits per heavy atom. The van der Waals surface area contributed by atoms with Gasteiger partial charge in [0.1, 0.15) is 23.9 Å². The molecule has 4 N–H and O–H groups in total. The van der Waals surface area contributed by atoms with Gasteiger partial charge in [-0.1, -0.05) is 54.6 Å². The Bertz CT molecular complexity index is 1390. The molecular weight excluding hydrogens is 488 g/mol. The lowest BCUT2D eigenvalue weighted by atomic mass is 10.1. The van der Waals surface area contributed by atoms with Gasteiger partial charge in [0.05, 0.1) is 12.6 Å². The first-order chi connectivity index (χ1) is 18.9. The maximum Gasteiger partial charge on any atom is 0.243 e. The van der Waals surface area contributed by atoms with Crippen LogP contribution in [0, 0.1) is 5.41 Å². The SMILES string of the molecule is CC(C)Oc1ccc(NC(=O)CN(Cc2cccc(OCc3ccccc3)c2)c2cccc(C(=N)N)c2)cc1. The van der Waals surface area contributed by atoms with E-state index in [-0.39, 0.29) is 24.4 Å². The Balaban J connectivity index is 1.49. The van der Waals surface area contributed by atoms with Gasteiger partial charge in [-0.25, -0.2) is 0 Å². The molecule has 4 aromatic rings. The summed E-state index contributed by atoms with van der Waals surface area (Å²) < 4.78 is 11.7. The molecule has 0 bridgehead atoms. The van der Waals surface area contributed by atoms with E-state index in [2.05, 4.69) is 5.32 Å². The van der Waals surface area contributed by atoms with Crippen LogP contribution >= 0.6 is 0 Å². The van der Waals surface area contributed by atoms with Gasteiger partial charge in [0.25, 0.3) is 0 Å². The molecule has 0 saturated carbocycles. The summed E-state index contributed by atoms with van der Waals surface area (Å²) in [6.07, 6.45) is 0.0759. The number of rotatable bonds is 12. The minimum absolute atomic E-state index is 0.0266. The second kappa shape index (κ2) is 13.1. The molecule has 39 heavy (non-hydrogen) atoms. The lowest BCUT2D eigenvalue weighted by molar-refractivity contribution is -0.115. The summed E-state index contributed by atoms with van der Waals surface area (Å²) in [6, 6.07) is 32.5. The minimum Gasteiger partial charge on any atom is -0.491 e. The zero-order chi connectivity index (χ0) is 27.6. The van der Waals surface area contributed by atoms with Crippen molar-refractivity contribution >= 4 is 23.1 Å². The van der Waals surface area contributed by atoms with Crippen LogP contribution in [0.25, 0.3) is 0 Å². The monoisotopic (exact) mass is 522 g/mol. The molecule has 0 fully saturated rings. The minimum atomic E-state index is -0.169. The maximum atomic E-state index is 13.1. The standard InChI is InChI=1S/C32H34N4O3/c1-23(2)39-29-16-14-27(15-17-29)35-31(37)21-36(28-12-7-11-26(19-28)32(33)34)20-25-10-6-13-30(18-25)38-22-24-8-4-3-5-9-24/h3-19,23H,20-22H2,1-2H3,(H3,33,34)(H,35,37). The predicted molar refractivity (Wildman–Crippen MR) is 157 cm³/mol. The molecule has 0 aliphatic rings. The zero-order valence-electron chi connectivity index (χ0n) is 22.3. The number of benzene rings is 4. The molecule has 0 spiro atoms. The second-order valence-electron chi connectivity index (χ2n) is 9.48. The molecule has 200 valence electrons. The summed E-state index contributed by atoms with van der Waals surface area (Å²) in [6.45, 7) is 4.96. The third-order valence-electron chi connectivity index (χ3n) is 5.89. The molecule has 0 heterocycles. The largest absolute Gasteiger partial charge is 0.491 e. The van der Waals surface area contributed by atoms with Crippen LogP contribution in [0.2, 0.25) is 0 Å². The molecule has 0 aliphatic carbocycles. The Kier molecular flexibility index (Phi) is 9.19. The lowest BCUT2D eigenvalue weighted by Gasteiger charge is -2.25. The Hall–Kier alpha value is -4.78. The molecule has 0 unspecified atom stereocenters. The first kappa shape index (κ1) is 27.3. The van der Waals surface area contributed by atoms with Crippen molar-refractivity contribution in [1.29, 1.82) is 5.41 Å². The topological polar surface area (TPSA) is 101 Å². The number of carbonyl (C=O) groups excluding carboxylic acids is 1. The smallest absolute Gasteiger partial charge is 0.243 e. The fraction of sp³-hybridized carbons (Fsp3) is 0.188. The number of hydrogen-bond donors (Lipinski definition) is 3. The van der Waals surface area contributed by atoms with E-state index in [1.807, 2.05) is 116 Å². The maximum absolute atomic E-state index is 13.1. The second-order valence-corrected chi connectivity index (χ2v) is 9.48. The molecule has 0 aromatic heterocycles. The zero-order valence-corrected chi connectivity index (χ0v) is 22.3. The highest BCUT2D eigenvalue weighted by atomic mass is 16.5. The number of ether oxygens (including phenoxy) is 2. The summed E-state index contributed by atoms with van der Waals surface area (Å²) >= 11 is 0. The summed E-state index contributed by atoms with van der Waals surface area (Å²) in [5, 5.41) is 10.8. The fourth-order valence-corrected chi connectivity index (χ4v) is 4.07. The van der Waals surface area contributed by atoms with Crippen LogP contribution in [-0.2, 0) is 17.9 Å². The van der Waals surface area contributed by atoms with Crippen LogP contribution in [0.4, 0.5) is 11.4 Å². The van der Waals surface area contributed by atoms with Crippen molar-refractivity contribution in [2.75, 3.05) is 16.8 Å². The van der Waals surface area contributed by atoms with Crippen LogP contribution < -0.4 is 25.4 Å². The molecular formula is C32H34N4O3. The average molecular weight is 523 g/mol. The van der Waals surface area contributed by atoms with Gasteiger partial charge in [-0.2, -0.15) is 0 Å². The molecule has 4 rings (SSSR count). The van der Waals surface area contributed by atoms with Crippen molar-refractivity contribution < 1.29 is 14.3 Å². The number of nitrogens with two attached hydrogens (primary N) is 1. The highest BCUT2D eigenvalue weighted by molar-refractivity contribution is 5.97. The van der Waals surface area contributed by atoms with E-state index in [4.69, 9.17) is 20.6 Å². The number of carbonyl (C=O) groups is 1. The fourth-order valence-electron chi connectivity index (χ4n) is 4.07. The number of nitrogens with zero attached hydrogens (tertiary/aromatic N) is 1. The van der Waals surface area contributed by atoms with Crippen LogP contribution in [0.1, 0.15) is 30.5 Å². The van der Waals surface area contributed by atoms with E-state index < -0.39 is 0 Å². The van der Waals surface area contributed by atoms with Gasteiger partial charge in [-0.15, -0.1) is 0 Å². The highest BCUT2D eigenvalue weighted by Crippen LogP contribution is 2.23. The first-order valence-electron chi connectivity index (χ1n) is 12.9. The normalized spacial score (nSPS) is 10.6. The number of amides is 1. The van der Waals surface area contributed by atoms with Crippen LogP contribution in [0.15, 0.2) is 103 Å². The van der Waals surface area contributed by atoms with E-state index in [9.17, 15) is 4.79 Å². The van der Waals surface area contributed by atoms with Crippen molar-refractivity contribution in [2.24, 2.45) is 5.73 Å². The van der Waals surface area contributed by atoms with E-state index in [1.165, 1.54) is 0 Å². The molecule has 0 atom stereocenters. The molecule has 7 heteroatoms. The van der Waals surface area contributed by atoms with E-state index in [0.29, 0.717) is 24.4 Å². The van der Waals surface area contributed by atoms with Gasteiger partial charge in [0.2, 0.25) is 5.91 Å². The molecule has 0 radical (unpaired) electrons. The van der Waals surface area contributed by atoms with Gasteiger partial charge in [0.15, 0.2) is 0 Å². The van der Waals surface area contributed by atoms with Crippen molar-refractivity contribution in [3.63, 3.8) is 0 Å². The molecule has 0 saturated heterocycles. The molecule has 0 aliphatic heterocycles. The number of anilines is 2.